The molecule has 1 aromatic carbocycles. The maximum Gasteiger partial charge on any atom is 0.244 e. The predicted molar refractivity (Wildman–Crippen MR) is 86.3 cm³/mol. The van der Waals surface area contributed by atoms with Gasteiger partial charge in [0, 0.05) is 10.7 Å². The summed E-state index contributed by atoms with van der Waals surface area (Å²) in [5.74, 6) is -3.56. The number of anilines is 1. The van der Waals surface area contributed by atoms with Crippen molar-refractivity contribution < 1.29 is 24.3 Å². The van der Waals surface area contributed by atoms with Crippen LogP contribution in [0.1, 0.15) is 23.2 Å². The van der Waals surface area contributed by atoms with Crippen LogP contribution in [0.4, 0.5) is 5.69 Å². The fraction of sp³-hybridized carbons (Fsp3) is 0.294. The van der Waals surface area contributed by atoms with Gasteiger partial charge in [0.1, 0.15) is 6.54 Å². The fourth-order valence-corrected chi connectivity index (χ4v) is 3.34. The molecule has 2 atom stereocenters. The molecule has 1 aromatic rings. The summed E-state index contributed by atoms with van der Waals surface area (Å²) in [5, 5.41) is 13.8. The highest BCUT2D eigenvalue weighted by Crippen LogP contribution is 2.38. The third kappa shape index (κ3) is 3.41. The Morgan fingerprint density at radius 2 is 1.80 bits per heavy atom. The van der Waals surface area contributed by atoms with Crippen molar-refractivity contribution in [3.8, 4) is 0 Å². The lowest BCUT2D eigenvalue weighted by Crippen LogP contribution is -2.38. The Morgan fingerprint density at radius 3 is 2.44 bits per heavy atom. The number of nitrogens with zero attached hydrogens (tertiary/aromatic N) is 1. The topological polar surface area (TPSA) is 107 Å². The molecule has 1 heterocycles. The Labute approximate surface area is 148 Å². The van der Waals surface area contributed by atoms with Crippen LogP contribution in [-0.4, -0.2) is 35.1 Å². The second-order valence-electron chi connectivity index (χ2n) is 5.98. The van der Waals surface area contributed by atoms with Crippen LogP contribution in [0.3, 0.4) is 0 Å². The number of hydrogen-bond donors (Lipinski definition) is 1. The molecule has 0 unspecified atom stereocenters. The van der Waals surface area contributed by atoms with E-state index in [1.807, 2.05) is 0 Å². The summed E-state index contributed by atoms with van der Waals surface area (Å²) in [6.07, 6.45) is 2.45. The first-order valence-electron chi connectivity index (χ1n) is 7.68. The number of carbonyl (C=O) groups is 4. The van der Waals surface area contributed by atoms with Gasteiger partial charge in [-0.25, -0.2) is 0 Å². The minimum Gasteiger partial charge on any atom is -0.545 e. The molecule has 3 rings (SSSR count). The molecule has 1 aliphatic heterocycles. The number of hydrogen-bond acceptors (Lipinski definition) is 5. The number of rotatable bonds is 4. The molecule has 0 bridgehead atoms. The van der Waals surface area contributed by atoms with E-state index in [9.17, 15) is 24.3 Å². The number of nitrogens with one attached hydrogen (secondary N) is 1. The van der Waals surface area contributed by atoms with Crippen LogP contribution < -0.4 is 10.4 Å². The molecule has 1 saturated heterocycles. The number of aromatic carboxylic acids is 1. The molecule has 0 spiro atoms. The molecule has 1 fully saturated rings. The van der Waals surface area contributed by atoms with Crippen LogP contribution in [0.25, 0.3) is 0 Å². The summed E-state index contributed by atoms with van der Waals surface area (Å²) in [5.41, 5.74) is 0.340. The number of allylic oxidation sites excluding steroid dienone is 2. The largest absolute Gasteiger partial charge is 0.545 e. The lowest BCUT2D eigenvalue weighted by molar-refractivity contribution is -0.255. The van der Waals surface area contributed by atoms with Crippen LogP contribution in [0.15, 0.2) is 35.4 Å². The first-order valence-corrected chi connectivity index (χ1v) is 8.05. The number of imide groups is 1. The van der Waals surface area contributed by atoms with E-state index in [1.54, 1.807) is 6.08 Å². The lowest BCUT2D eigenvalue weighted by Gasteiger charge is -2.17. The van der Waals surface area contributed by atoms with Crippen molar-refractivity contribution in [2.24, 2.45) is 11.8 Å². The number of benzene rings is 1. The third-order valence-corrected chi connectivity index (χ3v) is 4.68. The first-order chi connectivity index (χ1) is 11.9. The summed E-state index contributed by atoms with van der Waals surface area (Å²) in [4.78, 5) is 48.5. The maximum absolute atomic E-state index is 12.4. The van der Waals surface area contributed by atoms with Gasteiger partial charge in [0.25, 0.3) is 0 Å². The zero-order valence-electron chi connectivity index (χ0n) is 13.0. The van der Waals surface area contributed by atoms with Gasteiger partial charge in [-0.15, -0.1) is 0 Å². The molecule has 0 radical (unpaired) electrons. The smallest absolute Gasteiger partial charge is 0.244 e. The summed E-state index contributed by atoms with van der Waals surface area (Å²) in [6.45, 7) is -0.384. The van der Waals surface area contributed by atoms with Crippen molar-refractivity contribution in [3.05, 3.63) is 40.9 Å². The number of likely N-dealkylation sites (tertiary alicyclic amines) is 1. The maximum atomic E-state index is 12.4. The van der Waals surface area contributed by atoms with Crippen molar-refractivity contribution in [1.29, 1.82) is 0 Å². The van der Waals surface area contributed by atoms with Crippen LogP contribution in [0.5, 0.6) is 0 Å². The van der Waals surface area contributed by atoms with Gasteiger partial charge in [-0.2, -0.15) is 0 Å². The molecular weight excluding hydrogens is 348 g/mol. The summed E-state index contributed by atoms with van der Waals surface area (Å²) in [7, 11) is 0. The van der Waals surface area contributed by atoms with Crippen LogP contribution in [0.2, 0.25) is 0 Å². The van der Waals surface area contributed by atoms with E-state index in [0.29, 0.717) is 23.6 Å². The molecule has 2 aliphatic rings. The normalized spacial score (nSPS) is 22.4. The molecule has 0 aromatic heterocycles. The Bertz CT molecular complexity index is 787. The predicted octanol–water partition coefficient (Wildman–Crippen LogP) is 0.506. The van der Waals surface area contributed by atoms with Crippen LogP contribution in [0, 0.1) is 11.8 Å². The SMILES string of the molecule is O=C(CN1C(=O)[C@H]2CC=C(Cl)C[C@H]2C1=O)Nc1ccc(C(=O)[O-])cc1. The number of halogens is 1. The number of carboxylic acids is 1. The van der Waals surface area contributed by atoms with E-state index in [1.165, 1.54) is 24.3 Å². The quantitative estimate of drug-likeness (QED) is 0.786. The zero-order valence-corrected chi connectivity index (χ0v) is 13.8. The number of carboxylic acid groups (broad SMARTS) is 1. The summed E-state index contributed by atoms with van der Waals surface area (Å²) in [6, 6.07) is 5.39. The number of fused-ring (bicyclic) bond motifs is 1. The average Bonchev–Trinajstić information content (AvgIpc) is 2.80. The molecule has 7 nitrogen and oxygen atoms in total. The van der Waals surface area contributed by atoms with Gasteiger partial charge in [-0.05, 0) is 30.5 Å². The van der Waals surface area contributed by atoms with Crippen LogP contribution >= 0.6 is 11.6 Å². The second-order valence-corrected chi connectivity index (χ2v) is 6.46. The van der Waals surface area contributed by atoms with E-state index in [4.69, 9.17) is 11.6 Å². The Kier molecular flexibility index (Phi) is 4.59. The zero-order chi connectivity index (χ0) is 18.1. The van der Waals surface area contributed by atoms with Gasteiger partial charge in [-0.3, -0.25) is 19.3 Å². The van der Waals surface area contributed by atoms with E-state index in [2.05, 4.69) is 5.32 Å². The Balaban J connectivity index is 1.64. The molecule has 25 heavy (non-hydrogen) atoms. The highest BCUT2D eigenvalue weighted by molar-refractivity contribution is 6.30. The van der Waals surface area contributed by atoms with E-state index in [-0.39, 0.29) is 23.9 Å². The molecular formula is C17H14ClN2O5-. The standard InChI is InChI=1S/C17H15ClN2O5/c18-10-3-6-12-13(7-10)16(23)20(15(12)22)8-14(21)19-11-4-1-9(2-5-11)17(24)25/h1-5,12-13H,6-8H2,(H,19,21)(H,24,25)/p-1/t12-,13+/m0/s1. The van der Waals surface area contributed by atoms with Crippen LogP contribution in [-0.2, 0) is 14.4 Å². The lowest BCUT2D eigenvalue weighted by atomic mass is 9.85. The van der Waals surface area contributed by atoms with E-state index in [0.717, 1.165) is 4.90 Å². The number of carbonyl (C=O) groups excluding carboxylic acids is 4. The molecule has 8 heteroatoms. The van der Waals surface area contributed by atoms with Gasteiger partial charge in [0.2, 0.25) is 17.7 Å². The van der Waals surface area contributed by atoms with Crippen molar-refractivity contribution in [1.82, 2.24) is 4.90 Å². The average molecular weight is 362 g/mol. The second kappa shape index (κ2) is 6.68. The van der Waals surface area contributed by atoms with Gasteiger partial charge in [0.05, 0.1) is 17.8 Å². The van der Waals surface area contributed by atoms with Gasteiger partial charge in [0.15, 0.2) is 0 Å². The molecule has 3 amide bonds. The van der Waals surface area contributed by atoms with E-state index >= 15 is 0 Å². The minimum absolute atomic E-state index is 0.0173. The minimum atomic E-state index is -1.32. The molecule has 1 N–H and O–H groups in total. The summed E-state index contributed by atoms with van der Waals surface area (Å²) < 4.78 is 0. The number of amides is 3. The van der Waals surface area contributed by atoms with E-state index < -0.39 is 23.7 Å². The monoisotopic (exact) mass is 361 g/mol. The summed E-state index contributed by atoms with van der Waals surface area (Å²) >= 11 is 5.95. The first kappa shape index (κ1) is 17.2. The Morgan fingerprint density at radius 1 is 1.16 bits per heavy atom. The van der Waals surface area contributed by atoms with Gasteiger partial charge < -0.3 is 15.2 Å². The third-order valence-electron chi connectivity index (χ3n) is 4.37. The van der Waals surface area contributed by atoms with Gasteiger partial charge >= 0.3 is 0 Å². The van der Waals surface area contributed by atoms with Crippen molar-refractivity contribution in [2.45, 2.75) is 12.8 Å². The highest BCUT2D eigenvalue weighted by atomic mass is 35.5. The van der Waals surface area contributed by atoms with Crippen molar-refractivity contribution >= 4 is 41.0 Å². The van der Waals surface area contributed by atoms with Crippen molar-refractivity contribution in [2.75, 3.05) is 11.9 Å². The van der Waals surface area contributed by atoms with Crippen molar-refractivity contribution in [3.63, 3.8) is 0 Å². The molecule has 0 saturated carbocycles. The molecule has 130 valence electrons. The van der Waals surface area contributed by atoms with Gasteiger partial charge in [-0.1, -0.05) is 29.8 Å². The highest BCUT2D eigenvalue weighted by Gasteiger charge is 2.48. The fourth-order valence-electron chi connectivity index (χ4n) is 3.09. The molecule has 1 aliphatic carbocycles. The Hall–Kier alpha value is -2.67.